The minimum absolute atomic E-state index is 0. The Hall–Kier alpha value is -2.70. The number of halogens is 1. The van der Waals surface area contributed by atoms with Crippen LogP contribution in [0.1, 0.15) is 35.2 Å². The van der Waals surface area contributed by atoms with Crippen molar-refractivity contribution in [2.45, 2.75) is 37.8 Å². The topological polar surface area (TPSA) is 75.7 Å². The molecule has 2 aromatic rings. The highest BCUT2D eigenvalue weighted by atomic mass is 35.5. The average molecular weight is 429 g/mol. The highest BCUT2D eigenvalue weighted by Crippen LogP contribution is 2.28. The second-order valence-electron chi connectivity index (χ2n) is 7.53. The van der Waals surface area contributed by atoms with Gasteiger partial charge >= 0.3 is 0 Å². The molecule has 1 fully saturated rings. The first-order valence-corrected chi connectivity index (χ1v) is 10.0. The zero-order chi connectivity index (χ0) is 20.2. The second-order valence-corrected chi connectivity index (χ2v) is 7.53. The first-order chi connectivity index (χ1) is 14.1. The van der Waals surface area contributed by atoms with Gasteiger partial charge in [0.05, 0.1) is 12.6 Å². The minimum atomic E-state index is -0.486. The molecule has 0 radical (unpaired) electrons. The van der Waals surface area contributed by atoms with Crippen LogP contribution in [0.5, 0.6) is 5.75 Å². The number of aryl methyl sites for hydroxylation is 1. The fourth-order valence-electron chi connectivity index (χ4n) is 4.02. The van der Waals surface area contributed by atoms with Gasteiger partial charge in [-0.3, -0.25) is 24.6 Å². The Morgan fingerprint density at radius 3 is 2.53 bits per heavy atom. The molecular weight excluding hydrogens is 404 g/mol. The van der Waals surface area contributed by atoms with E-state index in [0.29, 0.717) is 24.9 Å². The lowest BCUT2D eigenvalue weighted by Crippen LogP contribution is -2.48. The zero-order valence-corrected chi connectivity index (χ0v) is 17.4. The predicted octanol–water partition coefficient (Wildman–Crippen LogP) is 2.79. The largest absolute Gasteiger partial charge is 0.482 e. The number of amides is 2. The normalized spacial score (nSPS) is 20.4. The van der Waals surface area contributed by atoms with E-state index < -0.39 is 18.1 Å². The van der Waals surface area contributed by atoms with E-state index in [0.717, 1.165) is 24.2 Å². The van der Waals surface area contributed by atoms with Crippen LogP contribution in [0.15, 0.2) is 54.6 Å². The van der Waals surface area contributed by atoms with Gasteiger partial charge < -0.3 is 4.74 Å². The number of fused-ring (bicyclic) bond motifs is 1. The van der Waals surface area contributed by atoms with E-state index >= 15 is 0 Å². The second kappa shape index (κ2) is 9.87. The number of para-hydroxylation sites is 1. The molecule has 0 aromatic heterocycles. The molecule has 0 saturated carbocycles. The third-order valence-corrected chi connectivity index (χ3v) is 5.57. The molecular formula is C23H25ClN2O4. The maximum Gasteiger partial charge on any atom is 0.257 e. The molecule has 4 rings (SSSR count). The number of carbonyl (C=O) groups excluding carboxylic acids is 3. The number of likely N-dealkylation sites (tertiary alicyclic amines) is 1. The molecule has 1 saturated heterocycles. The van der Waals surface area contributed by atoms with Crippen LogP contribution < -0.4 is 10.1 Å². The SMILES string of the molecule is Cl.O=C(NC(=O)[C@H]1CCCN1CC(=O)C1CCc2ccccc2O1)c1ccccc1. The van der Waals surface area contributed by atoms with Gasteiger partial charge in [-0.1, -0.05) is 36.4 Å². The van der Waals surface area contributed by atoms with Gasteiger partial charge in [-0.15, -0.1) is 12.4 Å². The number of hydrogen-bond donors (Lipinski definition) is 1. The average Bonchev–Trinajstić information content (AvgIpc) is 3.22. The Morgan fingerprint density at radius 1 is 1.00 bits per heavy atom. The van der Waals surface area contributed by atoms with Crippen molar-refractivity contribution in [3.63, 3.8) is 0 Å². The van der Waals surface area contributed by atoms with Gasteiger partial charge in [-0.05, 0) is 56.0 Å². The Bertz CT molecular complexity index is 918. The summed E-state index contributed by atoms with van der Waals surface area (Å²) >= 11 is 0. The Labute approximate surface area is 182 Å². The van der Waals surface area contributed by atoms with E-state index in [9.17, 15) is 14.4 Å². The van der Waals surface area contributed by atoms with Gasteiger partial charge in [-0.25, -0.2) is 0 Å². The van der Waals surface area contributed by atoms with Crippen LogP contribution in [0.2, 0.25) is 0 Å². The third kappa shape index (κ3) is 4.89. The van der Waals surface area contributed by atoms with Gasteiger partial charge in [0, 0.05) is 5.56 Å². The van der Waals surface area contributed by atoms with E-state index in [1.54, 1.807) is 24.3 Å². The Balaban J connectivity index is 0.00000256. The van der Waals surface area contributed by atoms with Crippen LogP contribution in [-0.4, -0.2) is 47.7 Å². The number of nitrogens with zero attached hydrogens (tertiary/aromatic N) is 1. The van der Waals surface area contributed by atoms with Crippen molar-refractivity contribution in [3.8, 4) is 5.75 Å². The Morgan fingerprint density at radius 2 is 1.73 bits per heavy atom. The molecule has 1 unspecified atom stereocenters. The fourth-order valence-corrected chi connectivity index (χ4v) is 4.02. The summed E-state index contributed by atoms with van der Waals surface area (Å²) in [5, 5.41) is 2.47. The highest BCUT2D eigenvalue weighted by Gasteiger charge is 2.35. The number of imide groups is 1. The third-order valence-electron chi connectivity index (χ3n) is 5.57. The number of Topliss-reactive ketones (excluding diaryl/α,β-unsaturated/α-hetero) is 1. The molecule has 2 aliphatic rings. The van der Waals surface area contributed by atoms with Crippen molar-refractivity contribution < 1.29 is 19.1 Å². The summed E-state index contributed by atoms with van der Waals surface area (Å²) < 4.78 is 5.89. The predicted molar refractivity (Wildman–Crippen MR) is 115 cm³/mol. The van der Waals surface area contributed by atoms with Crippen LogP contribution in [0.25, 0.3) is 0 Å². The highest BCUT2D eigenvalue weighted by molar-refractivity contribution is 6.06. The van der Waals surface area contributed by atoms with Crippen LogP contribution in [-0.2, 0) is 16.0 Å². The van der Waals surface area contributed by atoms with E-state index in [1.807, 2.05) is 35.2 Å². The Kier molecular flexibility index (Phi) is 7.24. The minimum Gasteiger partial charge on any atom is -0.482 e. The lowest BCUT2D eigenvalue weighted by atomic mass is 9.99. The van der Waals surface area contributed by atoms with Crippen molar-refractivity contribution in [1.82, 2.24) is 10.2 Å². The van der Waals surface area contributed by atoms with Crippen LogP contribution in [0, 0.1) is 0 Å². The summed E-state index contributed by atoms with van der Waals surface area (Å²) in [4.78, 5) is 39.6. The van der Waals surface area contributed by atoms with Crippen LogP contribution in [0.3, 0.4) is 0 Å². The summed E-state index contributed by atoms with van der Waals surface area (Å²) in [7, 11) is 0. The van der Waals surface area contributed by atoms with Crippen molar-refractivity contribution in [2.24, 2.45) is 0 Å². The molecule has 0 spiro atoms. The molecule has 2 heterocycles. The number of nitrogens with one attached hydrogen (secondary N) is 1. The van der Waals surface area contributed by atoms with Crippen LogP contribution in [0.4, 0.5) is 0 Å². The molecule has 30 heavy (non-hydrogen) atoms. The van der Waals surface area contributed by atoms with Gasteiger partial charge in [0.2, 0.25) is 5.91 Å². The van der Waals surface area contributed by atoms with Gasteiger partial charge in [0.25, 0.3) is 5.91 Å². The van der Waals surface area contributed by atoms with Crippen molar-refractivity contribution >= 4 is 30.0 Å². The molecule has 0 aliphatic carbocycles. The van der Waals surface area contributed by atoms with Gasteiger partial charge in [0.15, 0.2) is 11.9 Å². The summed E-state index contributed by atoms with van der Waals surface area (Å²) in [5.74, 6) is -0.0186. The number of hydrogen-bond acceptors (Lipinski definition) is 5. The molecule has 2 aromatic carbocycles. The molecule has 6 nitrogen and oxygen atoms in total. The van der Waals surface area contributed by atoms with Crippen LogP contribution >= 0.6 is 12.4 Å². The number of benzene rings is 2. The van der Waals surface area contributed by atoms with E-state index in [1.165, 1.54) is 0 Å². The monoisotopic (exact) mass is 428 g/mol. The van der Waals surface area contributed by atoms with Gasteiger partial charge in [-0.2, -0.15) is 0 Å². The van der Waals surface area contributed by atoms with Gasteiger partial charge in [0.1, 0.15) is 5.75 Å². The molecule has 2 amide bonds. The summed E-state index contributed by atoms with van der Waals surface area (Å²) in [6.45, 7) is 0.817. The molecule has 158 valence electrons. The van der Waals surface area contributed by atoms with E-state index in [4.69, 9.17) is 4.74 Å². The molecule has 2 atom stereocenters. The quantitative estimate of drug-likeness (QED) is 0.741. The van der Waals surface area contributed by atoms with E-state index in [2.05, 4.69) is 5.32 Å². The standard InChI is InChI=1S/C23H24N2O4.ClH/c26-19(21-13-12-16-7-4-5-11-20(16)29-21)15-25-14-6-10-18(25)23(28)24-22(27)17-8-2-1-3-9-17;/h1-5,7-9,11,18,21H,6,10,12-15H2,(H,24,27,28);1H/t18-,21?;/m1./s1. The van der Waals surface area contributed by atoms with Crippen molar-refractivity contribution in [3.05, 3.63) is 65.7 Å². The molecule has 0 bridgehead atoms. The summed E-state index contributed by atoms with van der Waals surface area (Å²) in [6, 6.07) is 15.9. The first-order valence-electron chi connectivity index (χ1n) is 10.0. The molecule has 2 aliphatic heterocycles. The number of rotatable bonds is 5. The lowest BCUT2D eigenvalue weighted by molar-refractivity contribution is -0.130. The van der Waals surface area contributed by atoms with Crippen molar-refractivity contribution in [1.29, 1.82) is 0 Å². The summed E-state index contributed by atoms with van der Waals surface area (Å²) in [6.07, 6.45) is 2.42. The fraction of sp³-hybridized carbons (Fsp3) is 0.348. The first kappa shape index (κ1) is 22.0. The maximum atomic E-state index is 12.8. The lowest BCUT2D eigenvalue weighted by Gasteiger charge is -2.28. The number of ether oxygens (including phenoxy) is 1. The summed E-state index contributed by atoms with van der Waals surface area (Å²) in [5.41, 5.74) is 1.56. The van der Waals surface area contributed by atoms with E-state index in [-0.39, 0.29) is 30.6 Å². The number of ketones is 1. The maximum absolute atomic E-state index is 12.8. The molecule has 1 N–H and O–H groups in total. The number of carbonyl (C=O) groups is 3. The smallest absolute Gasteiger partial charge is 0.257 e. The zero-order valence-electron chi connectivity index (χ0n) is 16.6. The van der Waals surface area contributed by atoms with Crippen molar-refractivity contribution in [2.75, 3.05) is 13.1 Å². The molecule has 7 heteroatoms.